The zero-order chi connectivity index (χ0) is 15.7. The number of fused-ring (bicyclic) bond motifs is 1. The molecule has 2 aliphatic rings. The minimum Gasteiger partial charge on any atom is -0.454 e. The van der Waals surface area contributed by atoms with Gasteiger partial charge in [0.25, 0.3) is 0 Å². The monoisotopic (exact) mass is 341 g/mol. The molecule has 128 valence electrons. The molecule has 0 saturated carbocycles. The maximum atomic E-state index is 12.2. The summed E-state index contributed by atoms with van der Waals surface area (Å²) >= 11 is 0. The van der Waals surface area contributed by atoms with E-state index >= 15 is 0 Å². The van der Waals surface area contributed by atoms with Crippen LogP contribution < -0.4 is 20.5 Å². The summed E-state index contributed by atoms with van der Waals surface area (Å²) in [6.45, 7) is 6.61. The molecule has 0 aromatic heterocycles. The van der Waals surface area contributed by atoms with Crippen molar-refractivity contribution in [1.29, 1.82) is 0 Å². The molecule has 0 radical (unpaired) electrons. The topological polar surface area (TPSA) is 76.8 Å². The largest absolute Gasteiger partial charge is 0.454 e. The lowest BCUT2D eigenvalue weighted by Gasteiger charge is -2.42. The number of carbonyl (C=O) groups is 1. The molecule has 7 heteroatoms. The van der Waals surface area contributed by atoms with Gasteiger partial charge in [0.1, 0.15) is 0 Å². The van der Waals surface area contributed by atoms with Crippen molar-refractivity contribution >= 4 is 24.0 Å². The van der Waals surface area contributed by atoms with Gasteiger partial charge in [-0.1, -0.05) is 13.8 Å². The molecule has 2 aliphatic heterocycles. The number of hydrogen-bond acceptors (Lipinski definition) is 5. The van der Waals surface area contributed by atoms with Gasteiger partial charge in [0.15, 0.2) is 11.5 Å². The minimum atomic E-state index is -0.0230. The molecule has 3 N–H and O–H groups in total. The molecule has 1 aromatic carbocycles. The van der Waals surface area contributed by atoms with Gasteiger partial charge in [0, 0.05) is 30.9 Å². The van der Waals surface area contributed by atoms with Gasteiger partial charge in [-0.15, -0.1) is 12.4 Å². The van der Waals surface area contributed by atoms with Gasteiger partial charge in [-0.25, -0.2) is 0 Å². The standard InChI is InChI=1S/C16H23N3O3.ClH/c1-16(2)9-19(6-5-14(16)17)8-15(20)18-11-3-4-12-13(7-11)22-10-21-12;/h3-4,7,14H,5-6,8-10,17H2,1-2H3,(H,18,20);1H. The number of likely N-dealkylation sites (tertiary alicyclic amines) is 1. The van der Waals surface area contributed by atoms with E-state index in [-0.39, 0.29) is 36.6 Å². The Morgan fingerprint density at radius 3 is 2.87 bits per heavy atom. The second-order valence-electron chi connectivity index (χ2n) is 6.71. The number of nitrogens with two attached hydrogens (primary N) is 1. The lowest BCUT2D eigenvalue weighted by Crippen LogP contribution is -2.53. The Kier molecular flexibility index (Phi) is 5.39. The molecule has 6 nitrogen and oxygen atoms in total. The van der Waals surface area contributed by atoms with Crippen LogP contribution in [0.2, 0.25) is 0 Å². The highest BCUT2D eigenvalue weighted by molar-refractivity contribution is 5.92. The molecular formula is C16H24ClN3O3. The molecule has 0 spiro atoms. The molecule has 1 fully saturated rings. The third-order valence-electron chi connectivity index (χ3n) is 4.41. The van der Waals surface area contributed by atoms with Crippen LogP contribution in [0, 0.1) is 5.41 Å². The van der Waals surface area contributed by atoms with Crippen molar-refractivity contribution < 1.29 is 14.3 Å². The van der Waals surface area contributed by atoms with E-state index in [1.807, 2.05) is 6.07 Å². The zero-order valence-electron chi connectivity index (χ0n) is 13.5. The van der Waals surface area contributed by atoms with Gasteiger partial charge in [-0.05, 0) is 24.0 Å². The van der Waals surface area contributed by atoms with Crippen molar-refractivity contribution in [3.8, 4) is 11.5 Å². The van der Waals surface area contributed by atoms with E-state index in [4.69, 9.17) is 15.2 Å². The average molecular weight is 342 g/mol. The lowest BCUT2D eigenvalue weighted by molar-refractivity contribution is -0.118. The van der Waals surface area contributed by atoms with Crippen LogP contribution in [0.25, 0.3) is 0 Å². The summed E-state index contributed by atoms with van der Waals surface area (Å²) in [5.41, 5.74) is 6.89. The lowest BCUT2D eigenvalue weighted by atomic mass is 9.80. The van der Waals surface area contributed by atoms with Crippen molar-refractivity contribution in [2.45, 2.75) is 26.3 Å². The van der Waals surface area contributed by atoms with Crippen LogP contribution in [0.1, 0.15) is 20.3 Å². The number of nitrogens with one attached hydrogen (secondary N) is 1. The summed E-state index contributed by atoms with van der Waals surface area (Å²) in [6.07, 6.45) is 0.921. The summed E-state index contributed by atoms with van der Waals surface area (Å²) in [6, 6.07) is 5.61. The Labute approximate surface area is 142 Å². The molecule has 1 atom stereocenters. The summed E-state index contributed by atoms with van der Waals surface area (Å²) in [7, 11) is 0. The zero-order valence-corrected chi connectivity index (χ0v) is 14.3. The van der Waals surface area contributed by atoms with E-state index in [1.54, 1.807) is 12.1 Å². The Hall–Kier alpha value is -1.50. The van der Waals surface area contributed by atoms with Gasteiger partial charge in [0.05, 0.1) is 6.54 Å². The van der Waals surface area contributed by atoms with Crippen molar-refractivity contribution in [2.75, 3.05) is 31.7 Å². The van der Waals surface area contributed by atoms with E-state index in [0.29, 0.717) is 18.0 Å². The molecule has 2 heterocycles. The van der Waals surface area contributed by atoms with E-state index < -0.39 is 0 Å². The highest BCUT2D eigenvalue weighted by atomic mass is 35.5. The molecule has 3 rings (SSSR count). The number of anilines is 1. The second kappa shape index (κ2) is 6.95. The van der Waals surface area contributed by atoms with Gasteiger partial charge in [-0.2, -0.15) is 0 Å². The Morgan fingerprint density at radius 1 is 1.39 bits per heavy atom. The first-order chi connectivity index (χ1) is 10.4. The van der Waals surface area contributed by atoms with E-state index in [9.17, 15) is 4.79 Å². The fourth-order valence-corrected chi connectivity index (χ4v) is 3.00. The Morgan fingerprint density at radius 2 is 2.13 bits per heavy atom. The molecule has 0 aliphatic carbocycles. The molecular weight excluding hydrogens is 318 g/mol. The van der Waals surface area contributed by atoms with Gasteiger partial charge < -0.3 is 20.5 Å². The first kappa shape index (κ1) is 17.8. The van der Waals surface area contributed by atoms with E-state index in [0.717, 1.165) is 25.2 Å². The summed E-state index contributed by atoms with van der Waals surface area (Å²) in [5, 5.41) is 2.91. The van der Waals surface area contributed by atoms with Crippen LogP contribution in [0.5, 0.6) is 11.5 Å². The summed E-state index contributed by atoms with van der Waals surface area (Å²) in [4.78, 5) is 14.4. The number of amides is 1. The normalized spacial score (nSPS) is 22.3. The molecule has 1 saturated heterocycles. The predicted molar refractivity (Wildman–Crippen MR) is 91.3 cm³/mol. The number of halogens is 1. The number of hydrogen-bond donors (Lipinski definition) is 2. The second-order valence-corrected chi connectivity index (χ2v) is 6.71. The highest BCUT2D eigenvalue weighted by Gasteiger charge is 2.33. The van der Waals surface area contributed by atoms with Crippen LogP contribution >= 0.6 is 12.4 Å². The van der Waals surface area contributed by atoms with Gasteiger partial charge in [0.2, 0.25) is 12.7 Å². The minimum absolute atomic E-state index is 0. The van der Waals surface area contributed by atoms with Crippen molar-refractivity contribution in [3.05, 3.63) is 18.2 Å². The van der Waals surface area contributed by atoms with E-state index in [2.05, 4.69) is 24.1 Å². The third kappa shape index (κ3) is 4.07. The summed E-state index contributed by atoms with van der Waals surface area (Å²) < 4.78 is 10.6. The maximum Gasteiger partial charge on any atom is 0.238 e. The molecule has 1 amide bonds. The first-order valence-corrected chi connectivity index (χ1v) is 7.61. The maximum absolute atomic E-state index is 12.2. The van der Waals surface area contributed by atoms with Crippen molar-refractivity contribution in [2.24, 2.45) is 11.1 Å². The molecule has 1 unspecified atom stereocenters. The van der Waals surface area contributed by atoms with E-state index in [1.165, 1.54) is 0 Å². The highest BCUT2D eigenvalue weighted by Crippen LogP contribution is 2.34. The molecule has 0 bridgehead atoms. The molecule has 23 heavy (non-hydrogen) atoms. The number of benzene rings is 1. The number of piperidine rings is 1. The number of carbonyl (C=O) groups excluding carboxylic acids is 1. The Balaban J connectivity index is 0.00000192. The van der Waals surface area contributed by atoms with Gasteiger partial charge in [-0.3, -0.25) is 9.69 Å². The quantitative estimate of drug-likeness (QED) is 0.877. The fourth-order valence-electron chi connectivity index (χ4n) is 3.00. The number of ether oxygens (including phenoxy) is 2. The number of nitrogens with zero attached hydrogens (tertiary/aromatic N) is 1. The fraction of sp³-hybridized carbons (Fsp3) is 0.562. The van der Waals surface area contributed by atoms with Crippen molar-refractivity contribution in [1.82, 2.24) is 4.90 Å². The van der Waals surface area contributed by atoms with Crippen molar-refractivity contribution in [3.63, 3.8) is 0 Å². The van der Waals surface area contributed by atoms with Crippen LogP contribution in [0.3, 0.4) is 0 Å². The van der Waals surface area contributed by atoms with Gasteiger partial charge >= 0.3 is 0 Å². The molecule has 1 aromatic rings. The van der Waals surface area contributed by atoms with Crippen LogP contribution in [0.15, 0.2) is 18.2 Å². The average Bonchev–Trinajstić information content (AvgIpc) is 2.90. The summed E-state index contributed by atoms with van der Waals surface area (Å²) in [5.74, 6) is 1.36. The van der Waals surface area contributed by atoms with Crippen LogP contribution in [0.4, 0.5) is 5.69 Å². The van der Waals surface area contributed by atoms with Crippen LogP contribution in [-0.2, 0) is 4.79 Å². The smallest absolute Gasteiger partial charge is 0.238 e. The third-order valence-corrected chi connectivity index (χ3v) is 4.41. The predicted octanol–water partition coefficient (Wildman–Crippen LogP) is 1.83. The number of rotatable bonds is 3. The Bertz CT molecular complexity index is 580. The SMILES string of the molecule is CC1(C)CN(CC(=O)Nc2ccc3c(c2)OCO3)CCC1N.Cl. The first-order valence-electron chi connectivity index (χ1n) is 7.61. The van der Waals surface area contributed by atoms with Crippen LogP contribution in [-0.4, -0.2) is 43.3 Å².